The number of hydrogen-bond acceptors (Lipinski definition) is 4. The molecule has 1 fully saturated rings. The van der Waals surface area contributed by atoms with E-state index in [1.54, 1.807) is 25.3 Å². The number of hydrogen-bond donors (Lipinski definition) is 1. The third kappa shape index (κ3) is 2.82. The minimum atomic E-state index is -0.0966. The second kappa shape index (κ2) is 5.87. The van der Waals surface area contributed by atoms with Gasteiger partial charge in [0.15, 0.2) is 17.3 Å². The van der Waals surface area contributed by atoms with E-state index >= 15 is 0 Å². The highest BCUT2D eigenvalue weighted by molar-refractivity contribution is 5.98. The van der Waals surface area contributed by atoms with Crippen LogP contribution in [0, 0.1) is 0 Å². The van der Waals surface area contributed by atoms with E-state index in [4.69, 9.17) is 15.2 Å². The molecule has 0 heterocycles. The molecule has 0 radical (unpaired) electrons. The van der Waals surface area contributed by atoms with Gasteiger partial charge < -0.3 is 15.2 Å². The molecular weight excluding hydrogens is 230 g/mol. The molecule has 18 heavy (non-hydrogen) atoms. The lowest BCUT2D eigenvalue weighted by Crippen LogP contribution is -2.14. The third-order valence-electron chi connectivity index (χ3n) is 3.27. The Hall–Kier alpha value is -1.55. The molecule has 1 aliphatic rings. The van der Waals surface area contributed by atoms with Gasteiger partial charge in [0.25, 0.3) is 0 Å². The monoisotopic (exact) mass is 249 g/mol. The van der Waals surface area contributed by atoms with Crippen molar-refractivity contribution in [3.63, 3.8) is 0 Å². The molecule has 0 amide bonds. The number of carbonyl (C=O) groups excluding carboxylic acids is 1. The summed E-state index contributed by atoms with van der Waals surface area (Å²) in [5.74, 6) is 1.21. The minimum absolute atomic E-state index is 0.00594. The molecule has 0 spiro atoms. The molecule has 0 aromatic heterocycles. The van der Waals surface area contributed by atoms with Gasteiger partial charge in [-0.3, -0.25) is 4.79 Å². The molecule has 2 N–H and O–H groups in total. The van der Waals surface area contributed by atoms with Gasteiger partial charge in [0.05, 0.1) is 19.8 Å². The highest BCUT2D eigenvalue weighted by Crippen LogP contribution is 2.32. The van der Waals surface area contributed by atoms with Crippen LogP contribution in [0.2, 0.25) is 0 Å². The van der Waals surface area contributed by atoms with Crippen molar-refractivity contribution in [3.8, 4) is 11.5 Å². The van der Waals surface area contributed by atoms with Crippen molar-refractivity contribution >= 4 is 5.78 Å². The zero-order valence-corrected chi connectivity index (χ0v) is 10.6. The largest absolute Gasteiger partial charge is 0.493 e. The van der Waals surface area contributed by atoms with E-state index in [-0.39, 0.29) is 18.4 Å². The first kappa shape index (κ1) is 12.9. The number of Topliss-reactive ketones (excluding diaryl/α,β-unsaturated/α-hetero) is 1. The predicted octanol–water partition coefficient (Wildman–Crippen LogP) is 2.16. The average molecular weight is 249 g/mol. The van der Waals surface area contributed by atoms with Crippen LogP contribution in [0.5, 0.6) is 11.5 Å². The summed E-state index contributed by atoms with van der Waals surface area (Å²) in [5, 5.41) is 0. The summed E-state index contributed by atoms with van der Waals surface area (Å²) in [6.07, 6.45) is 4.89. The summed E-state index contributed by atoms with van der Waals surface area (Å²) in [6, 6.07) is 5.22. The van der Waals surface area contributed by atoms with Gasteiger partial charge in [-0.05, 0) is 43.9 Å². The number of carbonyl (C=O) groups is 1. The molecular formula is C14H19NO3. The second-order valence-electron chi connectivity index (χ2n) is 4.52. The summed E-state index contributed by atoms with van der Waals surface area (Å²) in [4.78, 5) is 11.5. The number of ether oxygens (including phenoxy) is 2. The van der Waals surface area contributed by atoms with Crippen molar-refractivity contribution in [3.05, 3.63) is 23.8 Å². The lowest BCUT2D eigenvalue weighted by Gasteiger charge is -2.16. The predicted molar refractivity (Wildman–Crippen MR) is 69.3 cm³/mol. The van der Waals surface area contributed by atoms with E-state index in [1.165, 1.54) is 12.8 Å². The van der Waals surface area contributed by atoms with Crippen LogP contribution in [0.4, 0.5) is 0 Å². The SMILES string of the molecule is COc1cc(C(=O)CN)ccc1OC1CCCC1. The summed E-state index contributed by atoms with van der Waals surface area (Å²) < 4.78 is 11.2. The molecule has 1 aromatic carbocycles. The van der Waals surface area contributed by atoms with Crippen LogP contribution in [0.1, 0.15) is 36.0 Å². The topological polar surface area (TPSA) is 61.5 Å². The molecule has 0 atom stereocenters. The van der Waals surface area contributed by atoms with Crippen molar-refractivity contribution < 1.29 is 14.3 Å². The normalized spacial score (nSPS) is 15.7. The van der Waals surface area contributed by atoms with Crippen molar-refractivity contribution in [1.29, 1.82) is 0 Å². The molecule has 4 nitrogen and oxygen atoms in total. The molecule has 4 heteroatoms. The lowest BCUT2D eigenvalue weighted by atomic mass is 10.1. The molecule has 1 aliphatic carbocycles. The van der Waals surface area contributed by atoms with Crippen LogP contribution in [0.15, 0.2) is 18.2 Å². The molecule has 0 unspecified atom stereocenters. The standard InChI is InChI=1S/C14H19NO3/c1-17-14-8-10(12(16)9-15)6-7-13(14)18-11-4-2-3-5-11/h6-8,11H,2-5,9,15H2,1H3. The Kier molecular flexibility index (Phi) is 4.20. The molecule has 0 saturated heterocycles. The Morgan fingerprint density at radius 3 is 2.67 bits per heavy atom. The minimum Gasteiger partial charge on any atom is -0.493 e. The molecule has 98 valence electrons. The quantitative estimate of drug-likeness (QED) is 0.812. The van der Waals surface area contributed by atoms with Crippen molar-refractivity contribution in [2.75, 3.05) is 13.7 Å². The van der Waals surface area contributed by atoms with Gasteiger partial charge in [-0.2, -0.15) is 0 Å². The maximum atomic E-state index is 11.5. The van der Waals surface area contributed by atoms with Gasteiger partial charge in [0, 0.05) is 5.56 Å². The van der Waals surface area contributed by atoms with E-state index in [1.807, 2.05) is 0 Å². The number of nitrogens with two attached hydrogens (primary N) is 1. The van der Waals surface area contributed by atoms with Gasteiger partial charge in [0.2, 0.25) is 0 Å². The van der Waals surface area contributed by atoms with E-state index in [9.17, 15) is 4.79 Å². The van der Waals surface area contributed by atoms with Gasteiger partial charge >= 0.3 is 0 Å². The Balaban J connectivity index is 2.17. The van der Waals surface area contributed by atoms with E-state index in [2.05, 4.69) is 0 Å². The van der Waals surface area contributed by atoms with Gasteiger partial charge in [-0.15, -0.1) is 0 Å². The number of benzene rings is 1. The van der Waals surface area contributed by atoms with Gasteiger partial charge in [-0.25, -0.2) is 0 Å². The van der Waals surface area contributed by atoms with Crippen molar-refractivity contribution in [2.24, 2.45) is 5.73 Å². The number of ketones is 1. The first-order chi connectivity index (χ1) is 8.74. The van der Waals surface area contributed by atoms with Crippen LogP contribution in [-0.4, -0.2) is 25.5 Å². The Bertz CT molecular complexity index is 425. The van der Waals surface area contributed by atoms with Crippen molar-refractivity contribution in [2.45, 2.75) is 31.8 Å². The molecule has 1 aromatic rings. The van der Waals surface area contributed by atoms with Crippen molar-refractivity contribution in [1.82, 2.24) is 0 Å². The first-order valence-electron chi connectivity index (χ1n) is 6.32. The summed E-state index contributed by atoms with van der Waals surface area (Å²) >= 11 is 0. The zero-order valence-electron chi connectivity index (χ0n) is 10.6. The van der Waals surface area contributed by atoms with E-state index in [0.717, 1.165) is 12.8 Å². The Morgan fingerprint density at radius 2 is 2.06 bits per heavy atom. The molecule has 1 saturated carbocycles. The number of rotatable bonds is 5. The van der Waals surface area contributed by atoms with Crippen LogP contribution in [0.3, 0.4) is 0 Å². The third-order valence-corrected chi connectivity index (χ3v) is 3.27. The second-order valence-corrected chi connectivity index (χ2v) is 4.52. The Morgan fingerprint density at radius 1 is 1.33 bits per heavy atom. The molecule has 2 rings (SSSR count). The van der Waals surface area contributed by atoms with Crippen LogP contribution in [0.25, 0.3) is 0 Å². The highest BCUT2D eigenvalue weighted by atomic mass is 16.5. The summed E-state index contributed by atoms with van der Waals surface area (Å²) in [5.41, 5.74) is 5.91. The molecule has 0 aliphatic heterocycles. The van der Waals surface area contributed by atoms with Crippen LogP contribution in [-0.2, 0) is 0 Å². The maximum Gasteiger partial charge on any atom is 0.176 e. The zero-order chi connectivity index (χ0) is 13.0. The fourth-order valence-electron chi connectivity index (χ4n) is 2.24. The smallest absolute Gasteiger partial charge is 0.176 e. The first-order valence-corrected chi connectivity index (χ1v) is 6.32. The summed E-state index contributed by atoms with van der Waals surface area (Å²) in [6.45, 7) is 0.00594. The van der Waals surface area contributed by atoms with Crippen LogP contribution >= 0.6 is 0 Å². The summed E-state index contributed by atoms with van der Waals surface area (Å²) in [7, 11) is 1.58. The lowest BCUT2D eigenvalue weighted by molar-refractivity contribution is 0.100. The van der Waals surface area contributed by atoms with Crippen LogP contribution < -0.4 is 15.2 Å². The Labute approximate surface area is 107 Å². The van der Waals surface area contributed by atoms with Gasteiger partial charge in [0.1, 0.15) is 0 Å². The van der Waals surface area contributed by atoms with E-state index in [0.29, 0.717) is 17.1 Å². The number of methoxy groups -OCH3 is 1. The van der Waals surface area contributed by atoms with E-state index < -0.39 is 0 Å². The average Bonchev–Trinajstić information content (AvgIpc) is 2.91. The fraction of sp³-hybridized carbons (Fsp3) is 0.500. The molecule has 0 bridgehead atoms. The van der Waals surface area contributed by atoms with Gasteiger partial charge in [-0.1, -0.05) is 0 Å². The maximum absolute atomic E-state index is 11.5. The fourth-order valence-corrected chi connectivity index (χ4v) is 2.24. The highest BCUT2D eigenvalue weighted by Gasteiger charge is 2.19.